The average molecular weight is 570 g/mol. The highest BCUT2D eigenvalue weighted by atomic mass is 32.1. The quantitative estimate of drug-likeness (QED) is 0.246. The molecular formula is C32H35N5O3S. The van der Waals surface area contributed by atoms with E-state index in [2.05, 4.69) is 71.2 Å². The number of rotatable bonds is 9. The highest BCUT2D eigenvalue weighted by Gasteiger charge is 2.42. The van der Waals surface area contributed by atoms with Crippen molar-refractivity contribution in [3.8, 4) is 11.4 Å². The number of aryl methyl sites for hydroxylation is 2. The third kappa shape index (κ3) is 5.55. The van der Waals surface area contributed by atoms with Gasteiger partial charge in [-0.05, 0) is 92.1 Å². The molecule has 1 aliphatic rings. The van der Waals surface area contributed by atoms with Crippen LogP contribution in [-0.4, -0.2) is 41.4 Å². The number of aromatic nitrogens is 2. The fourth-order valence-electron chi connectivity index (χ4n) is 5.57. The van der Waals surface area contributed by atoms with Crippen molar-refractivity contribution in [1.29, 1.82) is 0 Å². The van der Waals surface area contributed by atoms with E-state index in [-0.39, 0.29) is 24.6 Å². The van der Waals surface area contributed by atoms with Gasteiger partial charge >= 0.3 is 0 Å². The van der Waals surface area contributed by atoms with Crippen molar-refractivity contribution in [2.45, 2.75) is 39.3 Å². The topological polar surface area (TPSA) is 80.7 Å². The largest absolute Gasteiger partial charge is 0.495 e. The van der Waals surface area contributed by atoms with Gasteiger partial charge in [0.2, 0.25) is 5.91 Å². The first-order valence-corrected chi connectivity index (χ1v) is 14.0. The number of hydrogen-bond donors (Lipinski definition) is 2. The molecule has 0 bridgehead atoms. The molecule has 3 heterocycles. The van der Waals surface area contributed by atoms with Crippen molar-refractivity contribution < 1.29 is 14.3 Å². The number of pyridine rings is 1. The van der Waals surface area contributed by atoms with E-state index in [1.54, 1.807) is 13.3 Å². The molecule has 5 rings (SSSR count). The zero-order valence-corrected chi connectivity index (χ0v) is 24.8. The summed E-state index contributed by atoms with van der Waals surface area (Å²) in [6, 6.07) is 22.1. The molecule has 9 heteroatoms. The van der Waals surface area contributed by atoms with Crippen LogP contribution in [0.15, 0.2) is 72.9 Å². The Bertz CT molecular complexity index is 1550. The zero-order chi connectivity index (χ0) is 29.1. The van der Waals surface area contributed by atoms with Crippen molar-refractivity contribution in [3.05, 3.63) is 101 Å². The standard InChI is InChI=1S/C32H35N5O3S/c1-6-22-10-12-23(13-11-22)36-20(2)17-25(21(36)3)31-30(26-9-7-8-16-33-26)35-32(41)37(31)24-14-15-28(40-5)27(18-24)34-29(38)19-39-4/h7-18,30-31H,6,19H2,1-5H3,(H,34,38)(H,35,41)/t30-,31+/m0/s1. The second kappa shape index (κ2) is 12.1. The van der Waals surface area contributed by atoms with Gasteiger partial charge in [0.25, 0.3) is 0 Å². The monoisotopic (exact) mass is 569 g/mol. The molecule has 2 aromatic carbocycles. The van der Waals surface area contributed by atoms with Gasteiger partial charge in [-0.25, -0.2) is 0 Å². The van der Waals surface area contributed by atoms with E-state index >= 15 is 0 Å². The van der Waals surface area contributed by atoms with Crippen LogP contribution in [-0.2, 0) is 16.0 Å². The first-order chi connectivity index (χ1) is 19.9. The maximum Gasteiger partial charge on any atom is 0.250 e. The summed E-state index contributed by atoms with van der Waals surface area (Å²) in [5.41, 5.74) is 8.04. The number of carbonyl (C=O) groups excluding carboxylic acids is 1. The molecule has 0 saturated carbocycles. The van der Waals surface area contributed by atoms with E-state index in [9.17, 15) is 4.79 Å². The molecule has 1 aliphatic heterocycles. The predicted octanol–water partition coefficient (Wildman–Crippen LogP) is 5.82. The van der Waals surface area contributed by atoms with Gasteiger partial charge < -0.3 is 29.6 Å². The first-order valence-electron chi connectivity index (χ1n) is 13.6. The Morgan fingerprint density at radius 3 is 2.46 bits per heavy atom. The maximum atomic E-state index is 12.4. The summed E-state index contributed by atoms with van der Waals surface area (Å²) in [6.45, 7) is 6.37. The molecule has 4 aromatic rings. The molecular weight excluding hydrogens is 534 g/mol. The smallest absolute Gasteiger partial charge is 0.250 e. The fraction of sp³-hybridized carbons (Fsp3) is 0.281. The SMILES string of the molecule is CCc1ccc(-n2c(C)cc([C@@H]3[C@H](c4ccccn4)NC(=S)N3c3ccc(OC)c(NC(=O)COC)c3)c2C)cc1. The van der Waals surface area contributed by atoms with E-state index < -0.39 is 0 Å². The van der Waals surface area contributed by atoms with Gasteiger partial charge in [0, 0.05) is 36.1 Å². The molecule has 2 aromatic heterocycles. The molecule has 2 atom stereocenters. The summed E-state index contributed by atoms with van der Waals surface area (Å²) in [5.74, 6) is 0.272. The Morgan fingerprint density at radius 2 is 1.80 bits per heavy atom. The Kier molecular flexibility index (Phi) is 8.37. The zero-order valence-electron chi connectivity index (χ0n) is 24.0. The van der Waals surface area contributed by atoms with Gasteiger partial charge in [-0.15, -0.1) is 0 Å². The van der Waals surface area contributed by atoms with Gasteiger partial charge in [0.1, 0.15) is 12.4 Å². The van der Waals surface area contributed by atoms with E-state index in [0.29, 0.717) is 16.5 Å². The lowest BCUT2D eigenvalue weighted by molar-refractivity contribution is -0.119. The van der Waals surface area contributed by atoms with Crippen LogP contribution in [0.2, 0.25) is 0 Å². The molecule has 8 nitrogen and oxygen atoms in total. The number of methoxy groups -OCH3 is 2. The number of ether oxygens (including phenoxy) is 2. The number of anilines is 2. The lowest BCUT2D eigenvalue weighted by atomic mass is 9.96. The number of nitrogens with zero attached hydrogens (tertiary/aromatic N) is 3. The van der Waals surface area contributed by atoms with E-state index in [1.165, 1.54) is 12.7 Å². The first kappa shape index (κ1) is 28.3. The molecule has 41 heavy (non-hydrogen) atoms. The van der Waals surface area contributed by atoms with Crippen LogP contribution < -0.4 is 20.3 Å². The molecule has 1 amide bonds. The van der Waals surface area contributed by atoms with Crippen LogP contribution in [0.3, 0.4) is 0 Å². The highest BCUT2D eigenvalue weighted by molar-refractivity contribution is 7.80. The molecule has 1 fully saturated rings. The predicted molar refractivity (Wildman–Crippen MR) is 166 cm³/mol. The van der Waals surface area contributed by atoms with Gasteiger partial charge in [-0.1, -0.05) is 25.1 Å². The Balaban J connectivity index is 1.63. The van der Waals surface area contributed by atoms with Crippen LogP contribution >= 0.6 is 12.2 Å². The summed E-state index contributed by atoms with van der Waals surface area (Å²) in [5, 5.41) is 7.00. The van der Waals surface area contributed by atoms with Crippen LogP contribution in [0.4, 0.5) is 11.4 Å². The van der Waals surface area contributed by atoms with Crippen molar-refractivity contribution in [1.82, 2.24) is 14.9 Å². The van der Waals surface area contributed by atoms with Crippen LogP contribution in [0.1, 0.15) is 47.2 Å². The van der Waals surface area contributed by atoms with Gasteiger partial charge in [0.05, 0.1) is 30.6 Å². The lowest BCUT2D eigenvalue weighted by Gasteiger charge is -2.29. The lowest BCUT2D eigenvalue weighted by Crippen LogP contribution is -2.29. The minimum absolute atomic E-state index is 0.0628. The summed E-state index contributed by atoms with van der Waals surface area (Å²) in [6.07, 6.45) is 2.80. The molecule has 1 saturated heterocycles. The van der Waals surface area contributed by atoms with E-state index in [0.717, 1.165) is 40.4 Å². The van der Waals surface area contributed by atoms with E-state index in [1.807, 2.05) is 36.4 Å². The van der Waals surface area contributed by atoms with Crippen molar-refractivity contribution in [2.75, 3.05) is 31.0 Å². The minimum Gasteiger partial charge on any atom is -0.495 e. The summed E-state index contributed by atoms with van der Waals surface area (Å²) in [7, 11) is 3.06. The Hall–Kier alpha value is -4.21. The minimum atomic E-state index is -0.273. The third-order valence-corrected chi connectivity index (χ3v) is 7.82. The average Bonchev–Trinajstić information content (AvgIpc) is 3.48. The van der Waals surface area contributed by atoms with Crippen molar-refractivity contribution >= 4 is 34.6 Å². The highest BCUT2D eigenvalue weighted by Crippen LogP contribution is 2.45. The summed E-state index contributed by atoms with van der Waals surface area (Å²) in [4.78, 5) is 19.2. The summed E-state index contributed by atoms with van der Waals surface area (Å²) < 4.78 is 12.8. The molecule has 0 spiro atoms. The molecule has 0 unspecified atom stereocenters. The summed E-state index contributed by atoms with van der Waals surface area (Å²) >= 11 is 5.96. The van der Waals surface area contributed by atoms with Crippen LogP contribution in [0, 0.1) is 13.8 Å². The molecule has 0 radical (unpaired) electrons. The van der Waals surface area contributed by atoms with Gasteiger partial charge in [-0.2, -0.15) is 0 Å². The molecule has 212 valence electrons. The maximum absolute atomic E-state index is 12.4. The number of benzene rings is 2. The van der Waals surface area contributed by atoms with Crippen LogP contribution in [0.5, 0.6) is 5.75 Å². The second-order valence-corrected chi connectivity index (χ2v) is 10.4. The number of nitrogens with one attached hydrogen (secondary N) is 2. The Labute approximate surface area is 246 Å². The van der Waals surface area contributed by atoms with E-state index in [4.69, 9.17) is 26.7 Å². The van der Waals surface area contributed by atoms with Crippen molar-refractivity contribution in [3.63, 3.8) is 0 Å². The molecule has 0 aliphatic carbocycles. The van der Waals surface area contributed by atoms with Gasteiger partial charge in [0.15, 0.2) is 5.11 Å². The number of hydrogen-bond acceptors (Lipinski definition) is 5. The number of thiocarbonyl (C=S) groups is 1. The number of amides is 1. The van der Waals surface area contributed by atoms with Crippen molar-refractivity contribution in [2.24, 2.45) is 0 Å². The Morgan fingerprint density at radius 1 is 1.05 bits per heavy atom. The second-order valence-electron chi connectivity index (χ2n) is 10.0. The van der Waals surface area contributed by atoms with Crippen LogP contribution in [0.25, 0.3) is 5.69 Å². The normalized spacial score (nSPS) is 16.5. The van der Waals surface area contributed by atoms with Gasteiger partial charge in [-0.3, -0.25) is 9.78 Å². The number of carbonyl (C=O) groups is 1. The third-order valence-electron chi connectivity index (χ3n) is 7.50. The molecule has 2 N–H and O–H groups in total. The fourth-order valence-corrected chi connectivity index (χ4v) is 5.92.